The summed E-state index contributed by atoms with van der Waals surface area (Å²) in [7, 11) is 0. The van der Waals surface area contributed by atoms with Crippen LogP contribution in [0.2, 0.25) is 0 Å². The normalized spacial score (nSPS) is 12.3. The van der Waals surface area contributed by atoms with Crippen LogP contribution >= 0.6 is 0 Å². The van der Waals surface area contributed by atoms with Crippen molar-refractivity contribution < 1.29 is 8.78 Å². The second-order valence-corrected chi connectivity index (χ2v) is 9.42. The van der Waals surface area contributed by atoms with Crippen molar-refractivity contribution in [3.8, 4) is 17.2 Å². The van der Waals surface area contributed by atoms with E-state index in [0.717, 1.165) is 65.4 Å². The van der Waals surface area contributed by atoms with Crippen LogP contribution < -0.4 is 10.4 Å². The average molecular weight is 491 g/mol. The highest BCUT2D eigenvalue weighted by atomic mass is 19.1. The van der Waals surface area contributed by atoms with Gasteiger partial charge in [0.05, 0.1) is 18.2 Å². The fraction of sp³-hybridized carbons (Fsp3) is 0. The molecule has 0 aromatic heterocycles. The predicted octanol–water partition coefficient (Wildman–Crippen LogP) is 6.46. The van der Waals surface area contributed by atoms with Crippen molar-refractivity contribution in [1.82, 2.24) is 0 Å². The molecule has 0 bridgehead atoms. The summed E-state index contributed by atoms with van der Waals surface area (Å²) in [6, 6.07) is 30.7. The maximum Gasteiger partial charge on any atom is 0.187 e. The molecule has 0 atom stereocenters. The fourth-order valence-corrected chi connectivity index (χ4v) is 5.70. The van der Waals surface area contributed by atoms with E-state index in [4.69, 9.17) is 6.57 Å². The molecule has 4 heteroatoms. The van der Waals surface area contributed by atoms with E-state index in [1.165, 1.54) is 12.1 Å². The smallest absolute Gasteiger partial charge is 0.187 e. The molecule has 176 valence electrons. The first-order chi connectivity index (χ1) is 18.6. The van der Waals surface area contributed by atoms with Gasteiger partial charge in [0.1, 0.15) is 11.6 Å². The van der Waals surface area contributed by atoms with E-state index in [0.29, 0.717) is 11.3 Å². The van der Waals surface area contributed by atoms with Crippen LogP contribution in [-0.4, -0.2) is 0 Å². The highest BCUT2D eigenvalue weighted by molar-refractivity contribution is 5.97. The maximum atomic E-state index is 14.5. The highest BCUT2D eigenvalue weighted by Gasteiger charge is 2.25. The molecule has 2 aliphatic carbocycles. The third-order valence-electron chi connectivity index (χ3n) is 7.37. The Labute approximate surface area is 216 Å². The van der Waals surface area contributed by atoms with Gasteiger partial charge in [0.25, 0.3) is 0 Å². The van der Waals surface area contributed by atoms with Crippen molar-refractivity contribution in [2.75, 3.05) is 0 Å². The lowest BCUT2D eigenvalue weighted by Crippen LogP contribution is -2.10. The summed E-state index contributed by atoms with van der Waals surface area (Å²) >= 11 is 0. The molecule has 0 unspecified atom stereocenters. The molecular formula is C34H16F2N2. The maximum absolute atomic E-state index is 14.5. The summed E-state index contributed by atoms with van der Waals surface area (Å²) < 4.78 is 29.0. The molecule has 7 rings (SSSR count). The molecule has 0 N–H and O–H groups in total. The van der Waals surface area contributed by atoms with Crippen LogP contribution in [0.4, 0.5) is 14.5 Å². The number of hydrogen-bond acceptors (Lipinski definition) is 1. The Morgan fingerprint density at radius 1 is 0.553 bits per heavy atom. The van der Waals surface area contributed by atoms with Gasteiger partial charge in [-0.15, -0.1) is 0 Å². The van der Waals surface area contributed by atoms with Gasteiger partial charge in [-0.25, -0.2) is 13.6 Å². The van der Waals surface area contributed by atoms with Crippen LogP contribution in [0.3, 0.4) is 0 Å². The van der Waals surface area contributed by atoms with Crippen molar-refractivity contribution in [2.45, 2.75) is 0 Å². The zero-order chi connectivity index (χ0) is 26.0. The Morgan fingerprint density at radius 2 is 1.18 bits per heavy atom. The zero-order valence-electron chi connectivity index (χ0n) is 19.9. The Hall–Kier alpha value is -5.32. The lowest BCUT2D eigenvalue weighted by molar-refractivity contribution is 0.626. The molecule has 0 spiro atoms. The van der Waals surface area contributed by atoms with Crippen LogP contribution in [0.15, 0.2) is 97.1 Å². The van der Waals surface area contributed by atoms with Gasteiger partial charge in [-0.2, -0.15) is 5.26 Å². The molecule has 0 amide bonds. The largest absolute Gasteiger partial charge is 0.238 e. The summed E-state index contributed by atoms with van der Waals surface area (Å²) in [4.78, 5) is 3.50. The van der Waals surface area contributed by atoms with Crippen LogP contribution in [0.5, 0.6) is 0 Å². The molecule has 0 radical (unpaired) electrons. The Balaban J connectivity index is 1.61. The summed E-state index contributed by atoms with van der Waals surface area (Å²) in [5.41, 5.74) is 8.34. The van der Waals surface area contributed by atoms with Gasteiger partial charge in [0.15, 0.2) is 5.69 Å². The first-order valence-corrected chi connectivity index (χ1v) is 12.1. The molecule has 0 saturated heterocycles. The van der Waals surface area contributed by atoms with E-state index in [-0.39, 0.29) is 11.6 Å². The number of rotatable bonds is 2. The van der Waals surface area contributed by atoms with Crippen LogP contribution in [0.25, 0.3) is 27.1 Å². The molecule has 5 aromatic carbocycles. The van der Waals surface area contributed by atoms with Crippen molar-refractivity contribution in [3.63, 3.8) is 0 Å². The van der Waals surface area contributed by atoms with Gasteiger partial charge < -0.3 is 0 Å². The lowest BCUT2D eigenvalue weighted by Gasteiger charge is -2.09. The average Bonchev–Trinajstić information content (AvgIpc) is 3.42. The first kappa shape index (κ1) is 21.9. The summed E-state index contributed by atoms with van der Waals surface area (Å²) in [6.45, 7) is 7.30. The summed E-state index contributed by atoms with van der Waals surface area (Å²) in [5, 5.41) is 13.0. The molecule has 38 heavy (non-hydrogen) atoms. The molecule has 0 saturated carbocycles. The van der Waals surface area contributed by atoms with Crippen molar-refractivity contribution in [3.05, 3.63) is 169 Å². The fourth-order valence-electron chi connectivity index (χ4n) is 5.70. The molecular weight excluding hydrogens is 474 g/mol. The molecule has 2 aliphatic rings. The minimum atomic E-state index is -0.316. The number of hydrogen-bond donors (Lipinski definition) is 0. The lowest BCUT2D eigenvalue weighted by atomic mass is 9.94. The molecule has 2 nitrogen and oxygen atoms in total. The molecule has 0 fully saturated rings. The van der Waals surface area contributed by atoms with Gasteiger partial charge in [-0.1, -0.05) is 48.5 Å². The number of nitriles is 1. The van der Waals surface area contributed by atoms with E-state index in [1.54, 1.807) is 42.5 Å². The SMILES string of the molecule is [C-]#[N+]c1ccc(C2=c3cc4c(cc3-c3ccc(F)cc32)=c2ccc(F)cc2=C4c2ccc(C#N)cc2)cc1. The number of fused-ring (bicyclic) bond motifs is 5. The van der Waals surface area contributed by atoms with E-state index >= 15 is 0 Å². The second-order valence-electron chi connectivity index (χ2n) is 9.42. The minimum Gasteiger partial charge on any atom is -0.238 e. The quantitative estimate of drug-likeness (QED) is 0.256. The van der Waals surface area contributed by atoms with Crippen LogP contribution in [-0.2, 0) is 0 Å². The van der Waals surface area contributed by atoms with Gasteiger partial charge in [-0.3, -0.25) is 0 Å². The Bertz CT molecular complexity index is 2150. The molecule has 0 aliphatic heterocycles. The Kier molecular flexibility index (Phi) is 4.67. The second kappa shape index (κ2) is 8.10. The Morgan fingerprint density at radius 3 is 1.89 bits per heavy atom. The van der Waals surface area contributed by atoms with E-state index in [2.05, 4.69) is 23.0 Å². The monoisotopic (exact) mass is 490 g/mol. The number of nitrogens with zero attached hydrogens (tertiary/aromatic N) is 2. The van der Waals surface area contributed by atoms with Gasteiger partial charge in [-0.05, 0) is 114 Å². The molecule has 5 aromatic rings. The van der Waals surface area contributed by atoms with Crippen molar-refractivity contribution >= 4 is 16.8 Å². The highest BCUT2D eigenvalue weighted by Crippen LogP contribution is 2.38. The third-order valence-corrected chi connectivity index (χ3v) is 7.37. The van der Waals surface area contributed by atoms with Gasteiger partial charge >= 0.3 is 0 Å². The van der Waals surface area contributed by atoms with Gasteiger partial charge in [0, 0.05) is 0 Å². The van der Waals surface area contributed by atoms with Crippen LogP contribution in [0.1, 0.15) is 27.8 Å². The third kappa shape index (κ3) is 3.15. The van der Waals surface area contributed by atoms with E-state index < -0.39 is 0 Å². The standard InChI is InChI=1S/C34H16F2N2/c1-38-24-10-6-21(7-11-24)34-30-15-23(36)9-13-26(30)28-16-27-25-12-8-22(35)14-29(25)33(31(27)17-32(28)34)20-4-2-19(18-37)3-5-20/h2-17H. The van der Waals surface area contributed by atoms with Crippen LogP contribution in [0, 0.1) is 40.0 Å². The summed E-state index contributed by atoms with van der Waals surface area (Å²) in [5.74, 6) is -0.631. The summed E-state index contributed by atoms with van der Waals surface area (Å²) in [6.07, 6.45) is 0. The zero-order valence-corrected chi connectivity index (χ0v) is 19.9. The van der Waals surface area contributed by atoms with Gasteiger partial charge in [0.2, 0.25) is 0 Å². The van der Waals surface area contributed by atoms with Crippen molar-refractivity contribution in [1.29, 1.82) is 5.26 Å². The van der Waals surface area contributed by atoms with E-state index in [9.17, 15) is 14.0 Å². The topological polar surface area (TPSA) is 28.1 Å². The number of halogens is 2. The van der Waals surface area contributed by atoms with E-state index in [1.807, 2.05) is 30.3 Å². The number of benzene rings is 5. The molecule has 0 heterocycles. The minimum absolute atomic E-state index is 0.315. The van der Waals surface area contributed by atoms with Crippen molar-refractivity contribution in [2.24, 2.45) is 0 Å². The predicted molar refractivity (Wildman–Crippen MR) is 142 cm³/mol. The first-order valence-electron chi connectivity index (χ1n) is 12.1.